The van der Waals surface area contributed by atoms with Gasteiger partial charge in [-0.05, 0) is 0 Å². The second-order valence-corrected chi connectivity index (χ2v) is 39.9. The minimum atomic E-state index is -2.78. The zero-order valence-corrected chi connectivity index (χ0v) is 15.2. The molecule has 0 spiro atoms. The van der Waals surface area contributed by atoms with Crippen LogP contribution < -0.4 is 0 Å². The summed E-state index contributed by atoms with van der Waals surface area (Å²) in [5.74, 6) is 0. The van der Waals surface area contributed by atoms with Gasteiger partial charge < -0.3 is 15.3 Å². The summed E-state index contributed by atoms with van der Waals surface area (Å²) in [6.45, 7) is 0. The number of aliphatic hydroxyl groups is 3. The molecule has 0 saturated heterocycles. The van der Waals surface area contributed by atoms with Crippen molar-refractivity contribution in [1.82, 2.24) is 0 Å². The van der Waals surface area contributed by atoms with Crippen molar-refractivity contribution >= 4 is 0 Å². The molecule has 0 heterocycles. The van der Waals surface area contributed by atoms with E-state index >= 15 is 0 Å². The van der Waals surface area contributed by atoms with E-state index in [2.05, 4.69) is 41.4 Å². The van der Waals surface area contributed by atoms with Crippen molar-refractivity contribution in [2.75, 3.05) is 21.3 Å². The first kappa shape index (κ1) is 22.4. The fourth-order valence-electron chi connectivity index (χ4n) is 1.37. The standard InChI is InChI=1S/C5H5.3CH4O.5CH3.Zr/c1-2-4-5-3-1;3*1-2;;;;;;/h1-3H,4H2;3*2H,1H3;5*1H3;. The molecule has 1 aliphatic rings. The first-order valence-electron chi connectivity index (χ1n) is 5.81. The van der Waals surface area contributed by atoms with Gasteiger partial charge in [0, 0.05) is 21.3 Å². The van der Waals surface area contributed by atoms with Gasteiger partial charge >= 0.3 is 68.4 Å². The molecule has 0 amide bonds. The van der Waals surface area contributed by atoms with Crippen molar-refractivity contribution in [2.45, 2.75) is 29.6 Å². The van der Waals surface area contributed by atoms with Gasteiger partial charge in [-0.25, -0.2) is 0 Å². The Morgan fingerprint density at radius 3 is 1.29 bits per heavy atom. The predicted octanol–water partition coefficient (Wildman–Crippen LogP) is 3.12. The van der Waals surface area contributed by atoms with E-state index in [4.69, 9.17) is 15.3 Å². The molecule has 106 valence electrons. The average molecular weight is 328 g/mol. The molecule has 0 aromatic carbocycles. The summed E-state index contributed by atoms with van der Waals surface area (Å²) in [6, 6.07) is 0. The van der Waals surface area contributed by atoms with E-state index in [0.717, 1.165) is 21.3 Å². The fourth-order valence-corrected chi connectivity index (χ4v) is 6.46. The van der Waals surface area contributed by atoms with E-state index in [9.17, 15) is 0 Å². The average Bonchev–Trinajstić information content (AvgIpc) is 2.78. The Morgan fingerprint density at radius 2 is 1.18 bits per heavy atom. The van der Waals surface area contributed by atoms with E-state index in [1.54, 1.807) is 3.28 Å². The molecule has 1 rings (SSSR count). The molecule has 17 heavy (non-hydrogen) atoms. The Kier molecular flexibility index (Phi) is 10.1. The molecule has 0 bridgehead atoms. The van der Waals surface area contributed by atoms with Crippen LogP contribution in [0, 0.1) is 0 Å². The third kappa shape index (κ3) is 11.1. The van der Waals surface area contributed by atoms with E-state index in [-0.39, 0.29) is 0 Å². The number of hydrogen-bond donors (Lipinski definition) is 3. The summed E-state index contributed by atoms with van der Waals surface area (Å²) in [5.41, 5.74) is 0. The van der Waals surface area contributed by atoms with Crippen LogP contribution in [0.15, 0.2) is 21.5 Å². The van der Waals surface area contributed by atoms with Crippen LogP contribution in [0.4, 0.5) is 0 Å². The first-order valence-corrected chi connectivity index (χ1v) is 19.3. The third-order valence-corrected chi connectivity index (χ3v) is 11.2. The van der Waals surface area contributed by atoms with E-state index in [0.29, 0.717) is 0 Å². The van der Waals surface area contributed by atoms with Crippen LogP contribution in [0.25, 0.3) is 0 Å². The van der Waals surface area contributed by atoms with Gasteiger partial charge in [-0.3, -0.25) is 0 Å². The Labute approximate surface area is 105 Å². The molecule has 0 aromatic heterocycles. The van der Waals surface area contributed by atoms with Crippen molar-refractivity contribution < 1.29 is 32.6 Å². The fraction of sp³-hybridized carbons (Fsp3) is 0.692. The Balaban J connectivity index is -0.000000285. The maximum atomic E-state index is 7.00. The summed E-state index contributed by atoms with van der Waals surface area (Å²) < 4.78 is 14.2. The van der Waals surface area contributed by atoms with E-state index < -0.39 is 17.3 Å². The van der Waals surface area contributed by atoms with Gasteiger partial charge in [0.25, 0.3) is 0 Å². The van der Waals surface area contributed by atoms with Crippen molar-refractivity contribution in [3.8, 4) is 0 Å². The molecule has 0 atom stereocenters. The normalized spacial score (nSPS) is 16.8. The molecule has 0 unspecified atom stereocenters. The number of allylic oxidation sites excluding steroid dienone is 4. The molecule has 3 nitrogen and oxygen atoms in total. The van der Waals surface area contributed by atoms with Crippen LogP contribution in [-0.2, 0) is 17.3 Å². The zero-order valence-electron chi connectivity index (χ0n) is 12.8. The van der Waals surface area contributed by atoms with E-state index in [1.165, 1.54) is 6.42 Å². The van der Waals surface area contributed by atoms with Gasteiger partial charge in [0.1, 0.15) is 0 Å². The van der Waals surface area contributed by atoms with Crippen LogP contribution in [-0.4, -0.2) is 36.6 Å². The molecule has 4 heteroatoms. The Morgan fingerprint density at radius 1 is 0.824 bits per heavy atom. The molecule has 0 fully saturated rings. The third-order valence-electron chi connectivity index (χ3n) is 2.38. The SMILES string of the molecule is CO.CO.CO.[CH3][Zr]([CH3])([CH3])([CH3])([CH3])[C]1=CC=CC1. The first-order chi connectivity index (χ1) is 7.59. The minimum absolute atomic E-state index is 1.00. The van der Waals surface area contributed by atoms with Gasteiger partial charge in [-0.2, -0.15) is 0 Å². The van der Waals surface area contributed by atoms with Gasteiger partial charge in [0.05, 0.1) is 0 Å². The molecule has 0 aromatic rings. The molecule has 3 N–H and O–H groups in total. The molecule has 1 aliphatic carbocycles. The van der Waals surface area contributed by atoms with Gasteiger partial charge in [-0.1, -0.05) is 0 Å². The topological polar surface area (TPSA) is 60.7 Å². The molecular formula is C13H32O3Zr. The summed E-state index contributed by atoms with van der Waals surface area (Å²) in [4.78, 5) is 0. The second-order valence-electron chi connectivity index (χ2n) is 7.57. The zero-order chi connectivity index (χ0) is 14.8. The summed E-state index contributed by atoms with van der Waals surface area (Å²) in [6.07, 6.45) is 8.00. The van der Waals surface area contributed by atoms with Gasteiger partial charge in [-0.15, -0.1) is 0 Å². The van der Waals surface area contributed by atoms with Crippen LogP contribution in [0.1, 0.15) is 6.42 Å². The number of hydrogen-bond acceptors (Lipinski definition) is 3. The van der Waals surface area contributed by atoms with Crippen molar-refractivity contribution in [1.29, 1.82) is 0 Å². The summed E-state index contributed by atoms with van der Waals surface area (Å²) in [7, 11) is 3.00. The van der Waals surface area contributed by atoms with Crippen molar-refractivity contribution in [3.05, 3.63) is 21.5 Å². The quantitative estimate of drug-likeness (QED) is 0.693. The van der Waals surface area contributed by atoms with Crippen LogP contribution >= 0.6 is 0 Å². The van der Waals surface area contributed by atoms with E-state index in [1.807, 2.05) is 0 Å². The van der Waals surface area contributed by atoms with Gasteiger partial charge in [0.15, 0.2) is 0 Å². The van der Waals surface area contributed by atoms with Crippen LogP contribution in [0.5, 0.6) is 0 Å². The number of aliphatic hydroxyl groups excluding tert-OH is 3. The Bertz CT molecular complexity index is 244. The maximum absolute atomic E-state index is 7.00. The second kappa shape index (κ2) is 7.63. The van der Waals surface area contributed by atoms with Crippen LogP contribution in [0.2, 0.25) is 23.2 Å². The number of rotatable bonds is 1. The summed E-state index contributed by atoms with van der Waals surface area (Å²) in [5, 5.41) is 21.0. The van der Waals surface area contributed by atoms with Crippen LogP contribution in [0.3, 0.4) is 0 Å². The molecule has 0 radical (unpaired) electrons. The Hall–Kier alpha value is 0.243. The summed E-state index contributed by atoms with van der Waals surface area (Å²) >= 11 is -2.78. The predicted molar refractivity (Wildman–Crippen MR) is 75.6 cm³/mol. The molecule has 0 saturated carbocycles. The monoisotopic (exact) mass is 326 g/mol. The van der Waals surface area contributed by atoms with Crippen molar-refractivity contribution in [2.24, 2.45) is 0 Å². The molecular weight excluding hydrogens is 295 g/mol. The van der Waals surface area contributed by atoms with Gasteiger partial charge in [0.2, 0.25) is 0 Å². The molecule has 0 aliphatic heterocycles. The van der Waals surface area contributed by atoms with Crippen molar-refractivity contribution in [3.63, 3.8) is 0 Å².